The number of aliphatic hydroxyl groups is 1. The molecule has 2 atom stereocenters. The molecular formula is C36H66O5. The van der Waals surface area contributed by atoms with Crippen LogP contribution < -0.4 is 0 Å². The molecular weight excluding hydrogens is 512 g/mol. The Balaban J connectivity index is 3.92. The Labute approximate surface area is 253 Å². The average molecular weight is 579 g/mol. The molecule has 0 radical (unpaired) electrons. The molecule has 5 nitrogen and oxygen atoms in total. The molecule has 0 aliphatic heterocycles. The normalized spacial score (nSPS) is 13.2. The molecule has 2 N–H and O–H groups in total. The van der Waals surface area contributed by atoms with Crippen LogP contribution in [0, 0.1) is 0 Å². The summed E-state index contributed by atoms with van der Waals surface area (Å²) in [6.45, 7) is 4.43. The minimum atomic E-state index is -0.869. The van der Waals surface area contributed by atoms with Crippen LogP contribution in [0.25, 0.3) is 0 Å². The first-order valence-corrected chi connectivity index (χ1v) is 17.4. The van der Waals surface area contributed by atoms with Crippen LogP contribution in [0.5, 0.6) is 0 Å². The van der Waals surface area contributed by atoms with Crippen LogP contribution in [0.4, 0.5) is 0 Å². The fourth-order valence-corrected chi connectivity index (χ4v) is 5.19. The van der Waals surface area contributed by atoms with Crippen molar-refractivity contribution in [2.75, 3.05) is 0 Å². The second-order valence-electron chi connectivity index (χ2n) is 11.9. The number of hydrogen-bond donors (Lipinski definition) is 2. The Hall–Kier alpha value is -1.62. The number of ether oxygens (including phenoxy) is 1. The van der Waals surface area contributed by atoms with Gasteiger partial charge in [-0.15, -0.1) is 0 Å². The molecule has 0 fully saturated rings. The van der Waals surface area contributed by atoms with E-state index in [1.54, 1.807) is 6.08 Å². The first-order valence-electron chi connectivity index (χ1n) is 17.4. The Morgan fingerprint density at radius 1 is 0.610 bits per heavy atom. The molecule has 0 saturated carbocycles. The van der Waals surface area contributed by atoms with E-state index in [-0.39, 0.29) is 18.2 Å². The van der Waals surface area contributed by atoms with E-state index in [1.165, 1.54) is 76.7 Å². The van der Waals surface area contributed by atoms with Crippen molar-refractivity contribution in [1.29, 1.82) is 0 Å². The van der Waals surface area contributed by atoms with Gasteiger partial charge in [0.25, 0.3) is 0 Å². The number of hydrogen-bond acceptors (Lipinski definition) is 4. The molecule has 0 aromatic heterocycles. The molecule has 0 aromatic rings. The smallest absolute Gasteiger partial charge is 0.327 e. The van der Waals surface area contributed by atoms with E-state index in [0.29, 0.717) is 6.42 Å². The lowest BCUT2D eigenvalue weighted by atomic mass is 10.0. The SMILES string of the molecule is CCCCCCC(CCCCCCCCC=CC(=O)O)OC(=O)CCCCCCCC=CC[C@H](O)CCCCCC. The number of carbonyl (C=O) groups is 2. The van der Waals surface area contributed by atoms with Gasteiger partial charge in [0.15, 0.2) is 0 Å². The highest BCUT2D eigenvalue weighted by Gasteiger charge is 2.14. The van der Waals surface area contributed by atoms with Gasteiger partial charge in [-0.25, -0.2) is 4.79 Å². The van der Waals surface area contributed by atoms with Crippen LogP contribution in [-0.2, 0) is 14.3 Å². The molecule has 0 rings (SSSR count). The summed E-state index contributed by atoms with van der Waals surface area (Å²) in [5, 5.41) is 18.6. The van der Waals surface area contributed by atoms with Gasteiger partial charge in [0.05, 0.1) is 6.10 Å². The van der Waals surface area contributed by atoms with E-state index in [2.05, 4.69) is 26.0 Å². The van der Waals surface area contributed by atoms with Crippen LogP contribution in [0.15, 0.2) is 24.3 Å². The van der Waals surface area contributed by atoms with E-state index in [0.717, 1.165) is 89.9 Å². The van der Waals surface area contributed by atoms with Crippen LogP contribution in [-0.4, -0.2) is 34.4 Å². The molecule has 0 bridgehead atoms. The van der Waals surface area contributed by atoms with Crippen molar-refractivity contribution in [2.24, 2.45) is 0 Å². The molecule has 0 heterocycles. The summed E-state index contributed by atoms with van der Waals surface area (Å²) in [6.07, 6.45) is 35.4. The van der Waals surface area contributed by atoms with Crippen molar-refractivity contribution in [3.63, 3.8) is 0 Å². The summed E-state index contributed by atoms with van der Waals surface area (Å²) in [5.41, 5.74) is 0. The van der Waals surface area contributed by atoms with Gasteiger partial charge in [0.2, 0.25) is 0 Å². The number of allylic oxidation sites excluding steroid dienone is 2. The van der Waals surface area contributed by atoms with Gasteiger partial charge >= 0.3 is 11.9 Å². The van der Waals surface area contributed by atoms with Crippen LogP contribution >= 0.6 is 0 Å². The minimum Gasteiger partial charge on any atom is -0.478 e. The van der Waals surface area contributed by atoms with Crippen LogP contribution in [0.3, 0.4) is 0 Å². The molecule has 0 aromatic carbocycles. The van der Waals surface area contributed by atoms with Gasteiger partial charge in [-0.05, 0) is 70.6 Å². The van der Waals surface area contributed by atoms with E-state index in [4.69, 9.17) is 9.84 Å². The Bertz CT molecular complexity index is 642. The zero-order valence-corrected chi connectivity index (χ0v) is 27.0. The number of carboxylic acids is 1. The quantitative estimate of drug-likeness (QED) is 0.0370. The zero-order valence-electron chi connectivity index (χ0n) is 27.0. The zero-order chi connectivity index (χ0) is 30.2. The topological polar surface area (TPSA) is 83.8 Å². The molecule has 0 amide bonds. The highest BCUT2D eigenvalue weighted by atomic mass is 16.5. The van der Waals surface area contributed by atoms with Gasteiger partial charge in [-0.1, -0.05) is 122 Å². The average Bonchev–Trinajstić information content (AvgIpc) is 2.95. The highest BCUT2D eigenvalue weighted by molar-refractivity contribution is 5.79. The van der Waals surface area contributed by atoms with Crippen molar-refractivity contribution in [1.82, 2.24) is 0 Å². The standard InChI is InChI=1S/C36H66O5/c1-3-5-7-21-27-33(37)28-22-17-13-9-12-16-20-26-32-36(40)41-34(29-23-8-6-4-2)30-24-18-14-10-11-15-19-25-31-35(38)39/h17,22,25,31,33-34,37H,3-16,18-21,23-24,26-30,32H2,1-2H3,(H,38,39)/t33-,34?/m1/s1. The lowest BCUT2D eigenvalue weighted by Crippen LogP contribution is -2.18. The first kappa shape index (κ1) is 39.4. The Kier molecular flexibility index (Phi) is 30.1. The third kappa shape index (κ3) is 31.2. The molecule has 0 saturated heterocycles. The van der Waals surface area contributed by atoms with Crippen molar-refractivity contribution in [3.8, 4) is 0 Å². The lowest BCUT2D eigenvalue weighted by molar-refractivity contribution is -0.150. The highest BCUT2D eigenvalue weighted by Crippen LogP contribution is 2.18. The lowest BCUT2D eigenvalue weighted by Gasteiger charge is -2.18. The number of carboxylic acid groups (broad SMARTS) is 1. The third-order valence-electron chi connectivity index (χ3n) is 7.80. The van der Waals surface area contributed by atoms with Gasteiger partial charge < -0.3 is 14.9 Å². The first-order chi connectivity index (χ1) is 20.0. The van der Waals surface area contributed by atoms with Crippen molar-refractivity contribution in [3.05, 3.63) is 24.3 Å². The maximum absolute atomic E-state index is 12.5. The molecule has 0 aliphatic carbocycles. The minimum absolute atomic E-state index is 0.0175. The second kappa shape index (κ2) is 31.3. The summed E-state index contributed by atoms with van der Waals surface area (Å²) in [7, 11) is 0. The monoisotopic (exact) mass is 578 g/mol. The maximum atomic E-state index is 12.5. The second-order valence-corrected chi connectivity index (χ2v) is 11.9. The van der Waals surface area contributed by atoms with Crippen molar-refractivity contribution in [2.45, 2.75) is 193 Å². The number of aliphatic hydroxyl groups excluding tert-OH is 1. The Morgan fingerprint density at radius 3 is 1.68 bits per heavy atom. The van der Waals surface area contributed by atoms with Crippen LogP contribution in [0.2, 0.25) is 0 Å². The van der Waals surface area contributed by atoms with E-state index < -0.39 is 5.97 Å². The van der Waals surface area contributed by atoms with Gasteiger partial charge in [0, 0.05) is 12.5 Å². The van der Waals surface area contributed by atoms with Crippen LogP contribution in [0.1, 0.15) is 181 Å². The largest absolute Gasteiger partial charge is 0.478 e. The predicted molar refractivity (Wildman–Crippen MR) is 173 cm³/mol. The van der Waals surface area contributed by atoms with Crippen molar-refractivity contribution < 1.29 is 24.5 Å². The third-order valence-corrected chi connectivity index (χ3v) is 7.80. The predicted octanol–water partition coefficient (Wildman–Crippen LogP) is 10.6. The summed E-state index contributed by atoms with van der Waals surface area (Å²) < 4.78 is 5.93. The fraction of sp³-hybridized carbons (Fsp3) is 0.833. The number of aliphatic carboxylic acids is 1. The molecule has 240 valence electrons. The summed E-state index contributed by atoms with van der Waals surface area (Å²) in [6, 6.07) is 0. The van der Waals surface area contributed by atoms with Crippen molar-refractivity contribution >= 4 is 11.9 Å². The van der Waals surface area contributed by atoms with Gasteiger partial charge in [-0.2, -0.15) is 0 Å². The molecule has 0 spiro atoms. The van der Waals surface area contributed by atoms with E-state index in [1.807, 2.05) is 0 Å². The molecule has 0 aliphatic rings. The van der Waals surface area contributed by atoms with E-state index in [9.17, 15) is 14.7 Å². The Morgan fingerprint density at radius 2 is 1.10 bits per heavy atom. The molecule has 1 unspecified atom stereocenters. The fourth-order valence-electron chi connectivity index (χ4n) is 5.19. The summed E-state index contributed by atoms with van der Waals surface area (Å²) >= 11 is 0. The summed E-state index contributed by atoms with van der Waals surface area (Å²) in [5.74, 6) is -0.887. The van der Waals surface area contributed by atoms with Gasteiger partial charge in [-0.3, -0.25) is 4.79 Å². The summed E-state index contributed by atoms with van der Waals surface area (Å²) in [4.78, 5) is 23.0. The maximum Gasteiger partial charge on any atom is 0.327 e. The number of carbonyl (C=O) groups excluding carboxylic acids is 1. The number of esters is 1. The number of unbranched alkanes of at least 4 members (excludes halogenated alkanes) is 17. The van der Waals surface area contributed by atoms with E-state index >= 15 is 0 Å². The van der Waals surface area contributed by atoms with Gasteiger partial charge in [0.1, 0.15) is 6.10 Å². The number of rotatable bonds is 31. The molecule has 41 heavy (non-hydrogen) atoms. The molecule has 5 heteroatoms.